The lowest BCUT2D eigenvalue weighted by atomic mass is 10.0. The summed E-state index contributed by atoms with van der Waals surface area (Å²) >= 11 is 0. The van der Waals surface area contributed by atoms with Crippen molar-refractivity contribution in [2.45, 2.75) is 83.8 Å². The summed E-state index contributed by atoms with van der Waals surface area (Å²) in [4.78, 5) is 14.5. The molecule has 1 aliphatic heterocycles. The summed E-state index contributed by atoms with van der Waals surface area (Å²) < 4.78 is 26.2. The minimum absolute atomic E-state index is 0.0544. The van der Waals surface area contributed by atoms with E-state index in [1.807, 2.05) is 26.8 Å². The van der Waals surface area contributed by atoms with E-state index in [-0.39, 0.29) is 29.1 Å². The molecule has 1 aromatic carbocycles. The van der Waals surface area contributed by atoms with Gasteiger partial charge >= 0.3 is 6.09 Å². The largest absolute Gasteiger partial charge is 0.444 e. The molecular formula is C21H34FNO3Si. The number of hydrogen-bond acceptors (Lipinski definition) is 3. The van der Waals surface area contributed by atoms with Crippen molar-refractivity contribution in [2.75, 3.05) is 6.54 Å². The molecule has 2 atom stereocenters. The van der Waals surface area contributed by atoms with Gasteiger partial charge in [-0.3, -0.25) is 4.90 Å². The molecule has 0 spiro atoms. The highest BCUT2D eigenvalue weighted by molar-refractivity contribution is 6.74. The van der Waals surface area contributed by atoms with Gasteiger partial charge in [-0.1, -0.05) is 32.9 Å². The Morgan fingerprint density at radius 2 is 1.81 bits per heavy atom. The van der Waals surface area contributed by atoms with Gasteiger partial charge in [-0.2, -0.15) is 0 Å². The summed E-state index contributed by atoms with van der Waals surface area (Å²) in [7, 11) is -2.04. The van der Waals surface area contributed by atoms with Gasteiger partial charge in [0.25, 0.3) is 0 Å². The lowest BCUT2D eigenvalue weighted by Gasteiger charge is -2.40. The zero-order valence-corrected chi connectivity index (χ0v) is 18.9. The van der Waals surface area contributed by atoms with Crippen LogP contribution < -0.4 is 0 Å². The SMILES string of the molecule is CC(C)(C)OC(=O)N1CC[C@H](O[Si](C)(C)C(C)(C)C)C1c1cccc(F)c1. The molecule has 0 saturated carbocycles. The maximum atomic E-state index is 13.9. The van der Waals surface area contributed by atoms with Crippen molar-refractivity contribution >= 4 is 14.4 Å². The first kappa shape index (κ1) is 21.9. The molecule has 1 heterocycles. The van der Waals surface area contributed by atoms with Gasteiger partial charge in [0.15, 0.2) is 8.32 Å². The smallest absolute Gasteiger partial charge is 0.410 e. The standard InChI is InChI=1S/C21H34FNO3Si/c1-20(2,3)25-19(24)23-13-12-17(26-27(7,8)21(4,5)6)18(23)15-10-9-11-16(22)14-15/h9-11,14,17-18H,12-13H2,1-8H3/t17-,18?/m0/s1. The maximum absolute atomic E-state index is 13.9. The lowest BCUT2D eigenvalue weighted by molar-refractivity contribution is 0.0160. The maximum Gasteiger partial charge on any atom is 0.410 e. The van der Waals surface area contributed by atoms with Crippen LogP contribution >= 0.6 is 0 Å². The molecule has 4 nitrogen and oxygen atoms in total. The Bertz CT molecular complexity index is 679. The number of rotatable bonds is 3. The molecule has 0 radical (unpaired) electrons. The van der Waals surface area contributed by atoms with Gasteiger partial charge in [-0.05, 0) is 63.0 Å². The molecule has 1 unspecified atom stereocenters. The first-order valence-electron chi connectivity index (χ1n) is 9.64. The van der Waals surface area contributed by atoms with Gasteiger partial charge in [0.1, 0.15) is 11.4 Å². The van der Waals surface area contributed by atoms with Gasteiger partial charge in [-0.25, -0.2) is 9.18 Å². The average molecular weight is 396 g/mol. The van der Waals surface area contributed by atoms with Crippen LogP contribution in [0.4, 0.5) is 9.18 Å². The Morgan fingerprint density at radius 1 is 1.19 bits per heavy atom. The van der Waals surface area contributed by atoms with E-state index >= 15 is 0 Å². The highest BCUT2D eigenvalue weighted by atomic mass is 28.4. The summed E-state index contributed by atoms with van der Waals surface area (Å²) in [6.07, 6.45) is 0.172. The zero-order chi connectivity index (χ0) is 20.6. The predicted octanol–water partition coefficient (Wildman–Crippen LogP) is 5.90. The number of ether oxygens (including phenoxy) is 1. The second-order valence-electron chi connectivity index (χ2n) is 9.88. The van der Waals surface area contributed by atoms with Crippen LogP contribution in [0.5, 0.6) is 0 Å². The molecule has 1 fully saturated rings. The molecule has 0 aliphatic carbocycles. The second-order valence-corrected chi connectivity index (χ2v) is 14.6. The molecule has 0 aromatic heterocycles. The summed E-state index contributed by atoms with van der Waals surface area (Å²) in [5.41, 5.74) is 0.171. The van der Waals surface area contributed by atoms with Gasteiger partial charge in [0.05, 0.1) is 12.1 Å². The van der Waals surface area contributed by atoms with E-state index in [1.54, 1.807) is 11.0 Å². The van der Waals surface area contributed by atoms with Gasteiger partial charge in [-0.15, -0.1) is 0 Å². The van der Waals surface area contributed by atoms with Crippen LogP contribution in [-0.4, -0.2) is 37.6 Å². The molecule has 2 rings (SSSR count). The van der Waals surface area contributed by atoms with E-state index in [0.717, 1.165) is 5.56 Å². The molecule has 6 heteroatoms. The van der Waals surface area contributed by atoms with Crippen LogP contribution in [0.25, 0.3) is 0 Å². The summed E-state index contributed by atoms with van der Waals surface area (Å²) in [5.74, 6) is -0.311. The van der Waals surface area contributed by atoms with Crippen LogP contribution in [0.15, 0.2) is 24.3 Å². The van der Waals surface area contributed by atoms with Crippen LogP contribution in [-0.2, 0) is 9.16 Å². The molecule has 27 heavy (non-hydrogen) atoms. The molecular weight excluding hydrogens is 361 g/mol. The van der Waals surface area contributed by atoms with Crippen molar-refractivity contribution in [1.82, 2.24) is 4.90 Å². The summed E-state index contributed by atoms with van der Waals surface area (Å²) in [5, 5.41) is 0.0544. The predicted molar refractivity (Wildman–Crippen MR) is 109 cm³/mol. The van der Waals surface area contributed by atoms with E-state index in [9.17, 15) is 9.18 Å². The minimum Gasteiger partial charge on any atom is -0.444 e. The first-order chi connectivity index (χ1) is 12.2. The Morgan fingerprint density at radius 3 is 2.33 bits per heavy atom. The van der Waals surface area contributed by atoms with Crippen LogP contribution in [0.1, 0.15) is 59.6 Å². The number of nitrogens with zero attached hydrogens (tertiary/aromatic N) is 1. The number of likely N-dealkylation sites (tertiary alicyclic amines) is 1. The van der Waals surface area contributed by atoms with Gasteiger partial charge < -0.3 is 9.16 Å². The quantitative estimate of drug-likeness (QED) is 0.598. The van der Waals surface area contributed by atoms with Gasteiger partial charge in [0.2, 0.25) is 0 Å². The summed E-state index contributed by atoms with van der Waals surface area (Å²) in [6.45, 7) is 17.1. The molecule has 0 N–H and O–H groups in total. The number of halogens is 1. The summed E-state index contributed by atoms with van der Waals surface area (Å²) in [6, 6.07) is 6.11. The van der Waals surface area contributed by atoms with E-state index in [2.05, 4.69) is 33.9 Å². The highest BCUT2D eigenvalue weighted by Crippen LogP contribution is 2.43. The number of carbonyl (C=O) groups is 1. The Hall–Kier alpha value is -1.40. The van der Waals surface area contributed by atoms with Crippen LogP contribution in [0.2, 0.25) is 18.1 Å². The van der Waals surface area contributed by atoms with E-state index < -0.39 is 13.9 Å². The Balaban J connectivity index is 2.36. The molecule has 152 valence electrons. The topological polar surface area (TPSA) is 38.8 Å². The minimum atomic E-state index is -2.04. The van der Waals surface area contributed by atoms with Crippen molar-refractivity contribution in [3.8, 4) is 0 Å². The van der Waals surface area contributed by atoms with E-state index in [1.165, 1.54) is 12.1 Å². The van der Waals surface area contributed by atoms with Crippen molar-refractivity contribution < 1.29 is 18.3 Å². The molecule has 0 bridgehead atoms. The van der Waals surface area contributed by atoms with Crippen LogP contribution in [0.3, 0.4) is 0 Å². The van der Waals surface area contributed by atoms with Crippen LogP contribution in [0, 0.1) is 5.82 Å². The zero-order valence-electron chi connectivity index (χ0n) is 17.9. The monoisotopic (exact) mass is 395 g/mol. The number of carbonyl (C=O) groups excluding carboxylic acids is 1. The van der Waals surface area contributed by atoms with Crippen molar-refractivity contribution in [3.05, 3.63) is 35.6 Å². The number of hydrogen-bond donors (Lipinski definition) is 0. The Labute approximate surface area is 164 Å². The fraction of sp³-hybridized carbons (Fsp3) is 0.667. The Kier molecular flexibility index (Phi) is 6.12. The second kappa shape index (κ2) is 7.55. The highest BCUT2D eigenvalue weighted by Gasteiger charge is 2.46. The van der Waals surface area contributed by atoms with E-state index in [4.69, 9.17) is 9.16 Å². The third-order valence-electron chi connectivity index (χ3n) is 5.41. The average Bonchev–Trinajstić information content (AvgIpc) is 2.87. The van der Waals surface area contributed by atoms with Crippen molar-refractivity contribution in [2.24, 2.45) is 0 Å². The van der Waals surface area contributed by atoms with Crippen molar-refractivity contribution in [1.29, 1.82) is 0 Å². The molecule has 1 saturated heterocycles. The molecule has 1 aromatic rings. The third kappa shape index (κ3) is 5.32. The van der Waals surface area contributed by atoms with Gasteiger partial charge in [0, 0.05) is 6.54 Å². The number of benzene rings is 1. The fourth-order valence-corrected chi connectivity index (χ4v) is 4.41. The molecule has 1 aliphatic rings. The van der Waals surface area contributed by atoms with Crippen molar-refractivity contribution in [3.63, 3.8) is 0 Å². The normalized spacial score (nSPS) is 21.4. The fourth-order valence-electron chi connectivity index (χ4n) is 3.05. The lowest BCUT2D eigenvalue weighted by Crippen LogP contribution is -2.46. The molecule has 1 amide bonds. The van der Waals surface area contributed by atoms with E-state index in [0.29, 0.717) is 13.0 Å². The third-order valence-corrected chi connectivity index (χ3v) is 9.92. The first-order valence-corrected chi connectivity index (χ1v) is 12.5. The number of amides is 1.